The van der Waals surface area contributed by atoms with Gasteiger partial charge in [-0.3, -0.25) is 4.90 Å². The van der Waals surface area contributed by atoms with Crippen molar-refractivity contribution in [2.75, 3.05) is 27.2 Å². The molecule has 0 aliphatic heterocycles. The molecule has 1 rings (SSSR count). The van der Waals surface area contributed by atoms with Gasteiger partial charge in [0.1, 0.15) is 11.0 Å². The number of hydrogen-bond donors (Lipinski definition) is 0. The number of hydrogen-bond acceptors (Lipinski definition) is 4. The fourth-order valence-electron chi connectivity index (χ4n) is 2.06. The Morgan fingerprint density at radius 2 is 2.00 bits per heavy atom. The fraction of sp³-hybridized carbons (Fsp3) is 0.692. The number of nitrogens with zero attached hydrogens (tertiary/aromatic N) is 4. The molecule has 0 N–H and O–H groups in total. The monoisotopic (exact) mass is 270 g/mol. The largest absolute Gasteiger partial charge is 0.308 e. The van der Waals surface area contributed by atoms with Crippen molar-refractivity contribution in [3.05, 3.63) is 22.7 Å². The average Bonchev–Trinajstić information content (AvgIpc) is 2.23. The van der Waals surface area contributed by atoms with Gasteiger partial charge in [-0.25, -0.2) is 9.97 Å². The van der Waals surface area contributed by atoms with Gasteiger partial charge < -0.3 is 4.90 Å². The van der Waals surface area contributed by atoms with Crippen LogP contribution in [0.15, 0.2) is 6.07 Å². The third kappa shape index (κ3) is 4.88. The number of likely N-dealkylation sites (N-methyl/N-ethyl adjacent to an activating group) is 2. The van der Waals surface area contributed by atoms with Crippen LogP contribution in [0, 0.1) is 6.92 Å². The summed E-state index contributed by atoms with van der Waals surface area (Å²) >= 11 is 5.96. The molecule has 1 unspecified atom stereocenters. The first-order valence-electron chi connectivity index (χ1n) is 6.31. The van der Waals surface area contributed by atoms with E-state index in [1.54, 1.807) is 6.07 Å². The van der Waals surface area contributed by atoms with Crippen LogP contribution in [0.4, 0.5) is 0 Å². The van der Waals surface area contributed by atoms with Crippen LogP contribution in [0.3, 0.4) is 0 Å². The predicted octanol–water partition coefficient (Wildman–Crippen LogP) is 2.21. The lowest BCUT2D eigenvalue weighted by Crippen LogP contribution is -2.39. The maximum absolute atomic E-state index is 5.96. The highest BCUT2D eigenvalue weighted by molar-refractivity contribution is 6.29. The molecule has 0 aliphatic carbocycles. The first-order valence-corrected chi connectivity index (χ1v) is 6.69. The highest BCUT2D eigenvalue weighted by Crippen LogP contribution is 2.10. The maximum Gasteiger partial charge on any atom is 0.144 e. The molecule has 0 bridgehead atoms. The Hall–Kier alpha value is -0.710. The third-order valence-electron chi connectivity index (χ3n) is 2.87. The van der Waals surface area contributed by atoms with Crippen molar-refractivity contribution in [1.82, 2.24) is 19.8 Å². The number of rotatable bonds is 6. The van der Waals surface area contributed by atoms with E-state index in [1.807, 2.05) is 6.92 Å². The summed E-state index contributed by atoms with van der Waals surface area (Å²) < 4.78 is 0. The molecule has 0 radical (unpaired) electrons. The van der Waals surface area contributed by atoms with E-state index in [1.165, 1.54) is 0 Å². The van der Waals surface area contributed by atoms with Crippen LogP contribution < -0.4 is 0 Å². The lowest BCUT2D eigenvalue weighted by molar-refractivity contribution is 0.170. The second kappa shape index (κ2) is 7.02. The molecule has 5 heteroatoms. The van der Waals surface area contributed by atoms with Gasteiger partial charge in [-0.15, -0.1) is 0 Å². The van der Waals surface area contributed by atoms with Crippen molar-refractivity contribution in [3.63, 3.8) is 0 Å². The van der Waals surface area contributed by atoms with Gasteiger partial charge >= 0.3 is 0 Å². The van der Waals surface area contributed by atoms with Crippen molar-refractivity contribution in [2.24, 2.45) is 0 Å². The summed E-state index contributed by atoms with van der Waals surface area (Å²) in [6.07, 6.45) is 0. The molecule has 0 spiro atoms. The van der Waals surface area contributed by atoms with Crippen molar-refractivity contribution in [3.8, 4) is 0 Å². The fourth-order valence-corrected chi connectivity index (χ4v) is 2.32. The minimum atomic E-state index is 0.466. The van der Waals surface area contributed by atoms with Gasteiger partial charge in [-0.2, -0.15) is 0 Å². The van der Waals surface area contributed by atoms with Crippen LogP contribution in [0.25, 0.3) is 0 Å². The lowest BCUT2D eigenvalue weighted by atomic mass is 10.2. The Labute approximate surface area is 115 Å². The molecule has 1 heterocycles. The molecule has 18 heavy (non-hydrogen) atoms. The van der Waals surface area contributed by atoms with Gasteiger partial charge in [0.05, 0.1) is 6.54 Å². The van der Waals surface area contributed by atoms with Crippen molar-refractivity contribution < 1.29 is 0 Å². The van der Waals surface area contributed by atoms with Gasteiger partial charge in [0, 0.05) is 18.3 Å². The lowest BCUT2D eigenvalue weighted by Gasteiger charge is -2.29. The second-order valence-electron chi connectivity index (χ2n) is 4.92. The summed E-state index contributed by atoms with van der Waals surface area (Å²) in [6.45, 7) is 9.06. The summed E-state index contributed by atoms with van der Waals surface area (Å²) in [4.78, 5) is 13.3. The summed E-state index contributed by atoms with van der Waals surface area (Å²) in [5.74, 6) is 0.799. The van der Waals surface area contributed by atoms with Crippen molar-refractivity contribution in [1.29, 1.82) is 0 Å². The molecular formula is C13H23ClN4. The van der Waals surface area contributed by atoms with E-state index in [9.17, 15) is 0 Å². The quantitative estimate of drug-likeness (QED) is 0.742. The zero-order valence-corrected chi connectivity index (χ0v) is 12.7. The van der Waals surface area contributed by atoms with Gasteiger partial charge in [-0.05, 0) is 40.6 Å². The zero-order chi connectivity index (χ0) is 13.7. The van der Waals surface area contributed by atoms with Crippen LogP contribution in [0.2, 0.25) is 5.15 Å². The smallest absolute Gasteiger partial charge is 0.144 e. The Morgan fingerprint density at radius 1 is 1.33 bits per heavy atom. The molecule has 0 aliphatic rings. The summed E-state index contributed by atoms with van der Waals surface area (Å²) in [6, 6.07) is 2.25. The standard InChI is InChI=1S/C13H23ClN4/c1-6-18(11(3)8-17(4)5)9-13-15-10(2)7-12(14)16-13/h7,11H,6,8-9H2,1-5H3. The molecule has 0 amide bonds. The average molecular weight is 271 g/mol. The maximum atomic E-state index is 5.96. The zero-order valence-electron chi connectivity index (χ0n) is 11.9. The van der Waals surface area contributed by atoms with Gasteiger partial charge in [0.25, 0.3) is 0 Å². The Bertz CT molecular complexity index is 361. The SMILES string of the molecule is CCN(Cc1nc(C)cc(Cl)n1)C(C)CN(C)C. The molecule has 0 aromatic carbocycles. The minimum Gasteiger partial charge on any atom is -0.308 e. The number of halogens is 1. The van der Waals surface area contributed by atoms with Crippen LogP contribution in [-0.4, -0.2) is 53.0 Å². The Balaban J connectivity index is 2.72. The predicted molar refractivity (Wildman–Crippen MR) is 75.9 cm³/mol. The molecule has 102 valence electrons. The first kappa shape index (κ1) is 15.3. The van der Waals surface area contributed by atoms with E-state index < -0.39 is 0 Å². The molecule has 1 atom stereocenters. The Kier molecular flexibility index (Phi) is 5.99. The molecule has 0 fully saturated rings. The number of aromatic nitrogens is 2. The molecule has 0 saturated carbocycles. The van der Waals surface area contributed by atoms with E-state index in [2.05, 4.69) is 47.7 Å². The van der Waals surface area contributed by atoms with Crippen LogP contribution >= 0.6 is 11.6 Å². The first-order chi connectivity index (χ1) is 8.42. The summed E-state index contributed by atoms with van der Waals surface area (Å²) in [5.41, 5.74) is 0.918. The molecule has 0 saturated heterocycles. The van der Waals surface area contributed by atoms with E-state index >= 15 is 0 Å². The van der Waals surface area contributed by atoms with Gasteiger partial charge in [0.2, 0.25) is 0 Å². The topological polar surface area (TPSA) is 32.3 Å². The van der Waals surface area contributed by atoms with E-state index in [4.69, 9.17) is 11.6 Å². The van der Waals surface area contributed by atoms with Crippen LogP contribution in [0.5, 0.6) is 0 Å². The third-order valence-corrected chi connectivity index (χ3v) is 3.07. The second-order valence-corrected chi connectivity index (χ2v) is 5.31. The number of aryl methyl sites for hydroxylation is 1. The van der Waals surface area contributed by atoms with Gasteiger partial charge in [0.15, 0.2) is 0 Å². The molecule has 4 nitrogen and oxygen atoms in total. The van der Waals surface area contributed by atoms with E-state index in [-0.39, 0.29) is 0 Å². The van der Waals surface area contributed by atoms with E-state index in [0.717, 1.165) is 31.2 Å². The molecule has 1 aromatic rings. The summed E-state index contributed by atoms with van der Waals surface area (Å²) in [7, 11) is 4.18. The van der Waals surface area contributed by atoms with Gasteiger partial charge in [-0.1, -0.05) is 18.5 Å². The molecule has 1 aromatic heterocycles. The van der Waals surface area contributed by atoms with Crippen molar-refractivity contribution in [2.45, 2.75) is 33.4 Å². The van der Waals surface area contributed by atoms with Crippen molar-refractivity contribution >= 4 is 11.6 Å². The van der Waals surface area contributed by atoms with Crippen LogP contribution in [-0.2, 0) is 6.54 Å². The Morgan fingerprint density at radius 3 is 2.50 bits per heavy atom. The summed E-state index contributed by atoms with van der Waals surface area (Å²) in [5, 5.41) is 0.522. The molecular weight excluding hydrogens is 248 g/mol. The normalized spacial score (nSPS) is 13.3. The highest BCUT2D eigenvalue weighted by atomic mass is 35.5. The van der Waals surface area contributed by atoms with E-state index in [0.29, 0.717) is 11.2 Å². The highest BCUT2D eigenvalue weighted by Gasteiger charge is 2.15. The van der Waals surface area contributed by atoms with Crippen LogP contribution in [0.1, 0.15) is 25.4 Å². The minimum absolute atomic E-state index is 0.466.